The van der Waals surface area contributed by atoms with Gasteiger partial charge >= 0.3 is 0 Å². The van der Waals surface area contributed by atoms with Crippen molar-refractivity contribution < 1.29 is 0 Å². The summed E-state index contributed by atoms with van der Waals surface area (Å²) in [6, 6.07) is 89.4. The highest BCUT2D eigenvalue weighted by Crippen LogP contribution is 2.46. The van der Waals surface area contributed by atoms with Crippen LogP contribution in [-0.2, 0) is 0 Å². The van der Waals surface area contributed by atoms with Crippen LogP contribution >= 0.6 is 0 Å². The largest absolute Gasteiger partial charge is 0.309 e. The van der Waals surface area contributed by atoms with E-state index in [1.807, 2.05) is 18.2 Å². The number of nitrogens with zero attached hydrogens (tertiary/aromatic N) is 3. The second-order valence-electron chi connectivity index (χ2n) is 17.3. The van der Waals surface area contributed by atoms with E-state index in [0.29, 0.717) is 5.82 Å². The van der Waals surface area contributed by atoms with Gasteiger partial charge in [0.25, 0.3) is 0 Å². The Balaban J connectivity index is 0.890. The summed E-state index contributed by atoms with van der Waals surface area (Å²) in [5.41, 5.74) is 15.5. The Morgan fingerprint density at radius 2 is 0.746 bits per heavy atom. The van der Waals surface area contributed by atoms with Crippen LogP contribution in [0.4, 0.5) is 0 Å². The van der Waals surface area contributed by atoms with E-state index in [-0.39, 0.29) is 0 Å². The smallest absolute Gasteiger partial charge is 0.160 e. The van der Waals surface area contributed by atoms with Gasteiger partial charge in [-0.15, -0.1) is 0 Å². The molecular formula is C64H41N3. The van der Waals surface area contributed by atoms with Gasteiger partial charge < -0.3 is 4.57 Å². The topological polar surface area (TPSA) is 30.7 Å². The van der Waals surface area contributed by atoms with E-state index in [9.17, 15) is 0 Å². The molecular weight excluding hydrogens is 811 g/mol. The zero-order valence-electron chi connectivity index (χ0n) is 36.5. The van der Waals surface area contributed by atoms with Crippen molar-refractivity contribution >= 4 is 54.1 Å². The lowest BCUT2D eigenvalue weighted by molar-refractivity contribution is 1.16. The maximum atomic E-state index is 5.20. The fourth-order valence-corrected chi connectivity index (χ4v) is 10.3. The van der Waals surface area contributed by atoms with Crippen LogP contribution in [0.5, 0.6) is 0 Å². The van der Waals surface area contributed by atoms with Crippen molar-refractivity contribution in [3.63, 3.8) is 0 Å². The van der Waals surface area contributed by atoms with Gasteiger partial charge in [-0.05, 0) is 96.0 Å². The quantitative estimate of drug-likeness (QED) is 0.118. The molecule has 0 aliphatic rings. The molecule has 0 unspecified atom stereocenters. The Kier molecular flexibility index (Phi) is 9.17. The lowest BCUT2D eigenvalue weighted by atomic mass is 9.84. The highest BCUT2D eigenvalue weighted by molar-refractivity contribution is 6.28. The van der Waals surface area contributed by atoms with Crippen LogP contribution in [0, 0.1) is 0 Å². The average Bonchev–Trinajstić information content (AvgIpc) is 3.75. The monoisotopic (exact) mass is 851 g/mol. The van der Waals surface area contributed by atoms with Crippen molar-refractivity contribution in [2.24, 2.45) is 0 Å². The maximum absolute atomic E-state index is 5.20. The van der Waals surface area contributed by atoms with E-state index < -0.39 is 0 Å². The van der Waals surface area contributed by atoms with E-state index in [1.54, 1.807) is 0 Å². The predicted molar refractivity (Wildman–Crippen MR) is 282 cm³/mol. The Hall–Kier alpha value is -8.92. The first-order valence-corrected chi connectivity index (χ1v) is 22.9. The van der Waals surface area contributed by atoms with Crippen molar-refractivity contribution in [3.8, 4) is 73.0 Å². The maximum Gasteiger partial charge on any atom is 0.160 e. The van der Waals surface area contributed by atoms with Crippen molar-refractivity contribution in [2.45, 2.75) is 0 Å². The van der Waals surface area contributed by atoms with E-state index in [2.05, 4.69) is 235 Å². The summed E-state index contributed by atoms with van der Waals surface area (Å²) in [5, 5.41) is 10.0. The van der Waals surface area contributed by atoms with Gasteiger partial charge in [0.2, 0.25) is 0 Å². The lowest BCUT2D eigenvalue weighted by Gasteiger charge is -2.19. The van der Waals surface area contributed by atoms with Gasteiger partial charge in [-0.3, -0.25) is 0 Å². The molecule has 0 aliphatic carbocycles. The summed E-state index contributed by atoms with van der Waals surface area (Å²) in [6.45, 7) is 0. The highest BCUT2D eigenvalue weighted by atomic mass is 15.0. The van der Waals surface area contributed by atoms with Gasteiger partial charge in [0.15, 0.2) is 5.82 Å². The minimum absolute atomic E-state index is 0.694. The summed E-state index contributed by atoms with van der Waals surface area (Å²) in [5.74, 6) is 0.694. The minimum Gasteiger partial charge on any atom is -0.309 e. The molecule has 3 heteroatoms. The Labute approximate surface area is 388 Å². The standard InChI is InChI=1S/C64H41N3/c1-3-17-46(18-4-1)61-54-26-9-10-27-55(54)62(63-51-23-8-7-16-44(51)38-39-56(61)63)47-36-32-43(33-37-47)42-30-34-45(35-31-42)57-41-58(66-64(65-57)48-19-5-2-6-20-48)49-21-15-22-50(40-49)67-59-28-13-11-24-52(59)53-25-12-14-29-60(53)67/h1-41H. The summed E-state index contributed by atoms with van der Waals surface area (Å²) in [6.07, 6.45) is 0. The Morgan fingerprint density at radius 3 is 1.40 bits per heavy atom. The molecule has 0 fully saturated rings. The van der Waals surface area contributed by atoms with E-state index in [4.69, 9.17) is 9.97 Å². The average molecular weight is 852 g/mol. The number of hydrogen-bond acceptors (Lipinski definition) is 2. The zero-order valence-corrected chi connectivity index (χ0v) is 36.5. The number of fused-ring (bicyclic) bond motifs is 7. The highest BCUT2D eigenvalue weighted by Gasteiger charge is 2.19. The number of rotatable bonds is 7. The molecule has 13 aromatic rings. The fraction of sp³-hybridized carbons (Fsp3) is 0. The van der Waals surface area contributed by atoms with Gasteiger partial charge in [0, 0.05) is 33.2 Å². The van der Waals surface area contributed by atoms with Crippen molar-refractivity contribution in [1.82, 2.24) is 14.5 Å². The van der Waals surface area contributed by atoms with Gasteiger partial charge in [0.1, 0.15) is 0 Å². The van der Waals surface area contributed by atoms with Gasteiger partial charge in [-0.2, -0.15) is 0 Å². The number of hydrogen-bond donors (Lipinski definition) is 0. The molecule has 0 N–H and O–H groups in total. The second-order valence-corrected chi connectivity index (χ2v) is 17.3. The molecule has 0 bridgehead atoms. The van der Waals surface area contributed by atoms with Crippen LogP contribution in [-0.4, -0.2) is 14.5 Å². The zero-order chi connectivity index (χ0) is 44.3. The van der Waals surface area contributed by atoms with Gasteiger partial charge in [0.05, 0.1) is 22.4 Å². The molecule has 13 rings (SSSR count). The molecule has 0 atom stereocenters. The van der Waals surface area contributed by atoms with Crippen LogP contribution in [0.15, 0.2) is 249 Å². The second kappa shape index (κ2) is 16.0. The molecule has 0 amide bonds. The summed E-state index contributed by atoms with van der Waals surface area (Å²) in [4.78, 5) is 10.4. The molecule has 0 saturated heterocycles. The van der Waals surface area contributed by atoms with Gasteiger partial charge in [-0.25, -0.2) is 9.97 Å². The molecule has 11 aromatic carbocycles. The number of benzene rings is 11. The normalized spacial score (nSPS) is 11.6. The van der Waals surface area contributed by atoms with Crippen LogP contribution in [0.3, 0.4) is 0 Å². The molecule has 3 nitrogen and oxygen atoms in total. The van der Waals surface area contributed by atoms with Gasteiger partial charge in [-0.1, -0.05) is 218 Å². The van der Waals surface area contributed by atoms with Crippen molar-refractivity contribution in [3.05, 3.63) is 249 Å². The first-order chi connectivity index (χ1) is 33.2. The molecule has 2 heterocycles. The molecule has 0 spiro atoms. The molecule has 312 valence electrons. The Morgan fingerprint density at radius 1 is 0.269 bits per heavy atom. The van der Waals surface area contributed by atoms with E-state index >= 15 is 0 Å². The van der Waals surface area contributed by atoms with Crippen LogP contribution < -0.4 is 0 Å². The molecule has 67 heavy (non-hydrogen) atoms. The van der Waals surface area contributed by atoms with Crippen LogP contribution in [0.2, 0.25) is 0 Å². The van der Waals surface area contributed by atoms with E-state index in [0.717, 1.165) is 44.9 Å². The molecule has 2 aromatic heterocycles. The van der Waals surface area contributed by atoms with Crippen molar-refractivity contribution in [2.75, 3.05) is 0 Å². The SMILES string of the molecule is c1ccc(-c2nc(-c3ccc(-c4ccc(-c5c6ccccc6c(-c6ccccc6)c6ccc7ccccc7c56)cc4)cc3)cc(-c3cccc(-n4c5ccccc5c5ccccc54)c3)n2)cc1. The molecule has 0 aliphatic heterocycles. The van der Waals surface area contributed by atoms with E-state index in [1.165, 1.54) is 76.4 Å². The van der Waals surface area contributed by atoms with Crippen molar-refractivity contribution in [1.29, 1.82) is 0 Å². The summed E-state index contributed by atoms with van der Waals surface area (Å²) in [7, 11) is 0. The Bertz CT molecular complexity index is 3950. The predicted octanol–water partition coefficient (Wildman–Crippen LogP) is 17.0. The molecule has 0 saturated carbocycles. The molecule has 0 radical (unpaired) electrons. The third kappa shape index (κ3) is 6.59. The minimum atomic E-state index is 0.694. The summed E-state index contributed by atoms with van der Waals surface area (Å²) < 4.78 is 2.35. The summed E-state index contributed by atoms with van der Waals surface area (Å²) >= 11 is 0. The van der Waals surface area contributed by atoms with Crippen LogP contribution in [0.1, 0.15) is 0 Å². The lowest BCUT2D eigenvalue weighted by Crippen LogP contribution is -1.97. The third-order valence-electron chi connectivity index (χ3n) is 13.4. The first-order valence-electron chi connectivity index (χ1n) is 22.9. The first kappa shape index (κ1) is 38.5. The van der Waals surface area contributed by atoms with Crippen LogP contribution in [0.25, 0.3) is 127 Å². The number of aromatic nitrogens is 3. The third-order valence-corrected chi connectivity index (χ3v) is 13.4. The fourth-order valence-electron chi connectivity index (χ4n) is 10.3. The number of para-hydroxylation sites is 2.